The van der Waals surface area contributed by atoms with Gasteiger partial charge in [-0.25, -0.2) is 0 Å². The lowest BCUT2D eigenvalue weighted by molar-refractivity contribution is -0.139. The Bertz CT molecular complexity index is 711. The Kier molecular flexibility index (Phi) is 4.83. The van der Waals surface area contributed by atoms with Gasteiger partial charge in [-0.15, -0.1) is 10.2 Å². The van der Waals surface area contributed by atoms with Gasteiger partial charge in [0.2, 0.25) is 11.8 Å². The van der Waals surface area contributed by atoms with Crippen LogP contribution in [0.3, 0.4) is 0 Å². The number of aromatic nitrogens is 2. The van der Waals surface area contributed by atoms with Crippen LogP contribution in [-0.4, -0.2) is 34.7 Å². The van der Waals surface area contributed by atoms with Crippen LogP contribution in [0, 0.1) is 5.92 Å². The number of piperidine rings is 1. The molecule has 0 aliphatic carbocycles. The molecule has 1 atom stereocenters. The van der Waals surface area contributed by atoms with Crippen LogP contribution in [0.5, 0.6) is 5.75 Å². The van der Waals surface area contributed by atoms with Crippen molar-refractivity contribution in [3.8, 4) is 17.2 Å². The molecule has 6 nitrogen and oxygen atoms in total. The van der Waals surface area contributed by atoms with E-state index in [4.69, 9.17) is 9.15 Å². The molecule has 128 valence electrons. The van der Waals surface area contributed by atoms with Gasteiger partial charge in [0.05, 0.1) is 12.7 Å². The van der Waals surface area contributed by atoms with Crippen LogP contribution in [-0.2, 0) is 4.79 Å². The van der Waals surface area contributed by atoms with Crippen molar-refractivity contribution in [2.24, 2.45) is 5.92 Å². The van der Waals surface area contributed by atoms with E-state index < -0.39 is 0 Å². The molecular formula is C18H23N3O3. The second-order valence-corrected chi connectivity index (χ2v) is 6.34. The smallest absolute Gasteiger partial charge is 0.251 e. The maximum absolute atomic E-state index is 12.5. The molecule has 0 bridgehead atoms. The monoisotopic (exact) mass is 329 g/mol. The minimum atomic E-state index is -0.135. The van der Waals surface area contributed by atoms with E-state index >= 15 is 0 Å². The maximum Gasteiger partial charge on any atom is 0.251 e. The van der Waals surface area contributed by atoms with E-state index in [-0.39, 0.29) is 17.9 Å². The lowest BCUT2D eigenvalue weighted by Crippen LogP contribution is -2.40. The Morgan fingerprint density at radius 1 is 1.29 bits per heavy atom. The van der Waals surface area contributed by atoms with E-state index in [2.05, 4.69) is 10.2 Å². The first kappa shape index (κ1) is 16.5. The Labute approximate surface area is 141 Å². The molecule has 1 aromatic carbocycles. The summed E-state index contributed by atoms with van der Waals surface area (Å²) in [5.74, 6) is 1.71. The Hall–Kier alpha value is -2.37. The number of para-hydroxylation sites is 1. The van der Waals surface area contributed by atoms with Gasteiger partial charge in [-0.2, -0.15) is 0 Å². The van der Waals surface area contributed by atoms with Crippen LogP contribution in [0.15, 0.2) is 28.7 Å². The number of hydrogen-bond donors (Lipinski definition) is 0. The molecule has 0 N–H and O–H groups in total. The molecule has 2 aromatic rings. The number of ether oxygens (including phenoxy) is 1. The number of likely N-dealkylation sites (tertiary alicyclic amines) is 1. The second kappa shape index (κ2) is 7.03. The number of methoxy groups -OCH3 is 1. The predicted octanol–water partition coefficient (Wildman–Crippen LogP) is 3.45. The first-order chi connectivity index (χ1) is 11.6. The molecule has 1 aliphatic rings. The minimum absolute atomic E-state index is 0.0396. The molecule has 2 heterocycles. The highest BCUT2D eigenvalue weighted by atomic mass is 16.5. The normalized spacial score (nSPS) is 18.0. The predicted molar refractivity (Wildman–Crippen MR) is 89.4 cm³/mol. The molecule has 1 aliphatic heterocycles. The molecule has 1 unspecified atom stereocenters. The van der Waals surface area contributed by atoms with Crippen molar-refractivity contribution < 1.29 is 13.9 Å². The summed E-state index contributed by atoms with van der Waals surface area (Å²) in [5.41, 5.74) is 0.760. The molecule has 3 rings (SSSR count). The SMILES string of the molecule is COc1ccccc1-c1nnc(C2CCCCN2C(=O)C(C)C)o1. The average molecular weight is 329 g/mol. The lowest BCUT2D eigenvalue weighted by Gasteiger charge is -2.34. The molecule has 0 spiro atoms. The number of hydrogen-bond acceptors (Lipinski definition) is 5. The Morgan fingerprint density at radius 2 is 2.08 bits per heavy atom. The van der Waals surface area contributed by atoms with Gasteiger partial charge in [-0.3, -0.25) is 4.79 Å². The zero-order valence-electron chi connectivity index (χ0n) is 14.4. The number of amides is 1. The van der Waals surface area contributed by atoms with Crippen molar-refractivity contribution in [2.75, 3.05) is 13.7 Å². The van der Waals surface area contributed by atoms with Crippen molar-refractivity contribution >= 4 is 5.91 Å². The first-order valence-corrected chi connectivity index (χ1v) is 8.39. The second-order valence-electron chi connectivity index (χ2n) is 6.34. The molecule has 1 fully saturated rings. The lowest BCUT2D eigenvalue weighted by atomic mass is 10.00. The number of carbonyl (C=O) groups excluding carboxylic acids is 1. The average Bonchev–Trinajstić information content (AvgIpc) is 3.10. The fourth-order valence-electron chi connectivity index (χ4n) is 3.08. The van der Waals surface area contributed by atoms with Crippen LogP contribution in [0.25, 0.3) is 11.5 Å². The van der Waals surface area contributed by atoms with E-state index in [1.54, 1.807) is 7.11 Å². The molecule has 6 heteroatoms. The summed E-state index contributed by atoms with van der Waals surface area (Å²) in [6, 6.07) is 7.40. The number of benzene rings is 1. The van der Waals surface area contributed by atoms with Crippen molar-refractivity contribution in [3.05, 3.63) is 30.2 Å². The summed E-state index contributed by atoms with van der Waals surface area (Å²) in [6.45, 7) is 4.58. The fourth-order valence-corrected chi connectivity index (χ4v) is 3.08. The van der Waals surface area contributed by atoms with Crippen molar-refractivity contribution in [1.29, 1.82) is 0 Å². The van der Waals surface area contributed by atoms with Gasteiger partial charge < -0.3 is 14.1 Å². The molecular weight excluding hydrogens is 306 g/mol. The van der Waals surface area contributed by atoms with E-state index in [9.17, 15) is 4.79 Å². The topological polar surface area (TPSA) is 68.5 Å². The van der Waals surface area contributed by atoms with Gasteiger partial charge in [0.1, 0.15) is 11.8 Å². The third-order valence-electron chi connectivity index (χ3n) is 4.34. The standard InChI is InChI=1S/C18H23N3O3/c1-12(2)18(22)21-11-7-6-9-14(21)17-20-19-16(24-17)13-8-4-5-10-15(13)23-3/h4-5,8,10,12,14H,6-7,9,11H2,1-3H3. The van der Waals surface area contributed by atoms with E-state index in [0.29, 0.717) is 17.5 Å². The fraction of sp³-hybridized carbons (Fsp3) is 0.500. The highest BCUT2D eigenvalue weighted by Crippen LogP contribution is 2.34. The number of carbonyl (C=O) groups is 1. The quantitative estimate of drug-likeness (QED) is 0.859. The van der Waals surface area contributed by atoms with Gasteiger partial charge in [0.25, 0.3) is 5.89 Å². The van der Waals surface area contributed by atoms with Crippen molar-refractivity contribution in [1.82, 2.24) is 15.1 Å². The highest BCUT2D eigenvalue weighted by Gasteiger charge is 2.33. The zero-order chi connectivity index (χ0) is 17.1. The molecule has 24 heavy (non-hydrogen) atoms. The van der Waals surface area contributed by atoms with Crippen molar-refractivity contribution in [3.63, 3.8) is 0 Å². The van der Waals surface area contributed by atoms with Crippen LogP contribution in [0.4, 0.5) is 0 Å². The Morgan fingerprint density at radius 3 is 2.83 bits per heavy atom. The van der Waals surface area contributed by atoms with Crippen molar-refractivity contribution in [2.45, 2.75) is 39.2 Å². The third kappa shape index (κ3) is 3.13. The van der Waals surface area contributed by atoms with Gasteiger partial charge in [0.15, 0.2) is 0 Å². The first-order valence-electron chi connectivity index (χ1n) is 8.39. The zero-order valence-corrected chi connectivity index (χ0v) is 14.4. The van der Waals surface area contributed by atoms with Crippen LogP contribution in [0.1, 0.15) is 45.0 Å². The van der Waals surface area contributed by atoms with Gasteiger partial charge in [-0.1, -0.05) is 26.0 Å². The number of nitrogens with zero attached hydrogens (tertiary/aromatic N) is 3. The van der Waals surface area contributed by atoms with Gasteiger partial charge >= 0.3 is 0 Å². The summed E-state index contributed by atoms with van der Waals surface area (Å²) >= 11 is 0. The summed E-state index contributed by atoms with van der Waals surface area (Å²) in [5, 5.41) is 8.39. The van der Waals surface area contributed by atoms with Crippen LogP contribution >= 0.6 is 0 Å². The molecule has 1 aromatic heterocycles. The summed E-state index contributed by atoms with van der Waals surface area (Å²) < 4.78 is 11.3. The molecule has 1 saturated heterocycles. The highest BCUT2D eigenvalue weighted by molar-refractivity contribution is 5.78. The molecule has 0 saturated carbocycles. The van der Waals surface area contributed by atoms with E-state index in [1.807, 2.05) is 43.0 Å². The van der Waals surface area contributed by atoms with E-state index in [0.717, 1.165) is 31.4 Å². The molecule has 0 radical (unpaired) electrons. The maximum atomic E-state index is 12.5. The molecule has 1 amide bonds. The van der Waals surface area contributed by atoms with Gasteiger partial charge in [0, 0.05) is 12.5 Å². The number of rotatable bonds is 4. The summed E-state index contributed by atoms with van der Waals surface area (Å²) in [6.07, 6.45) is 2.92. The summed E-state index contributed by atoms with van der Waals surface area (Å²) in [7, 11) is 1.61. The third-order valence-corrected chi connectivity index (χ3v) is 4.34. The van der Waals surface area contributed by atoms with E-state index in [1.165, 1.54) is 0 Å². The van der Waals surface area contributed by atoms with Crippen LogP contribution in [0.2, 0.25) is 0 Å². The Balaban J connectivity index is 1.90. The van der Waals surface area contributed by atoms with Crippen LogP contribution < -0.4 is 4.74 Å². The van der Waals surface area contributed by atoms with Gasteiger partial charge in [-0.05, 0) is 31.4 Å². The summed E-state index contributed by atoms with van der Waals surface area (Å²) in [4.78, 5) is 14.4. The minimum Gasteiger partial charge on any atom is -0.496 e. The largest absolute Gasteiger partial charge is 0.496 e.